The lowest BCUT2D eigenvalue weighted by atomic mass is 9.97. The van der Waals surface area contributed by atoms with Gasteiger partial charge in [-0.1, -0.05) is 29.3 Å². The number of aliphatic imine (C=N–C) groups is 1. The molecule has 0 spiro atoms. The van der Waals surface area contributed by atoms with Crippen molar-refractivity contribution in [2.24, 2.45) is 10.9 Å². The highest BCUT2D eigenvalue weighted by Gasteiger charge is 2.26. The lowest BCUT2D eigenvalue weighted by Gasteiger charge is -2.33. The van der Waals surface area contributed by atoms with Gasteiger partial charge in [-0.05, 0) is 38.7 Å². The van der Waals surface area contributed by atoms with Crippen molar-refractivity contribution in [1.82, 2.24) is 10.2 Å². The van der Waals surface area contributed by atoms with E-state index in [1.54, 1.807) is 0 Å². The van der Waals surface area contributed by atoms with Crippen LogP contribution in [0.25, 0.3) is 0 Å². The zero-order valence-corrected chi connectivity index (χ0v) is 15.3. The van der Waals surface area contributed by atoms with Gasteiger partial charge in [-0.3, -0.25) is 9.79 Å². The van der Waals surface area contributed by atoms with Gasteiger partial charge >= 0.3 is 5.97 Å². The molecule has 5 nitrogen and oxygen atoms in total. The number of carbonyl (C=O) groups excluding carboxylic acids is 1. The molecule has 0 aromatic heterocycles. The molecule has 0 bridgehead atoms. The normalized spacial score (nSPS) is 16.2. The topological polar surface area (TPSA) is 53.9 Å². The molecule has 1 aliphatic rings. The Balaban J connectivity index is 1.82. The van der Waals surface area contributed by atoms with E-state index in [2.05, 4.69) is 47.3 Å². The van der Waals surface area contributed by atoms with E-state index in [0.717, 1.165) is 44.9 Å². The molecule has 1 fully saturated rings. The molecule has 0 unspecified atom stereocenters. The second-order valence-corrected chi connectivity index (χ2v) is 6.50. The number of aryl methyl sites for hydroxylation is 2. The molecule has 24 heavy (non-hydrogen) atoms. The van der Waals surface area contributed by atoms with E-state index in [1.807, 2.05) is 7.05 Å². The summed E-state index contributed by atoms with van der Waals surface area (Å²) in [5.41, 5.74) is 3.96. The van der Waals surface area contributed by atoms with Crippen LogP contribution in [0.5, 0.6) is 0 Å². The molecular formula is C19H29N3O2. The molecule has 0 amide bonds. The summed E-state index contributed by atoms with van der Waals surface area (Å²) in [6, 6.07) is 6.67. The van der Waals surface area contributed by atoms with Crippen molar-refractivity contribution in [3.05, 3.63) is 34.9 Å². The highest BCUT2D eigenvalue weighted by molar-refractivity contribution is 5.80. The van der Waals surface area contributed by atoms with Crippen LogP contribution in [0, 0.1) is 19.8 Å². The highest BCUT2D eigenvalue weighted by Crippen LogP contribution is 2.18. The third-order valence-corrected chi connectivity index (χ3v) is 4.52. The summed E-state index contributed by atoms with van der Waals surface area (Å²) in [6.45, 7) is 6.79. The second kappa shape index (κ2) is 8.71. The smallest absolute Gasteiger partial charge is 0.308 e. The Hall–Kier alpha value is -2.04. The summed E-state index contributed by atoms with van der Waals surface area (Å²) in [7, 11) is 3.27. The van der Waals surface area contributed by atoms with Crippen molar-refractivity contribution in [2.45, 2.75) is 33.1 Å². The maximum Gasteiger partial charge on any atom is 0.308 e. The molecule has 2 rings (SSSR count). The van der Waals surface area contributed by atoms with E-state index < -0.39 is 0 Å². The Morgan fingerprint density at radius 3 is 2.42 bits per heavy atom. The first-order chi connectivity index (χ1) is 11.5. The van der Waals surface area contributed by atoms with E-state index in [4.69, 9.17) is 4.74 Å². The van der Waals surface area contributed by atoms with Gasteiger partial charge in [0.1, 0.15) is 0 Å². The molecule has 0 aliphatic carbocycles. The zero-order chi connectivity index (χ0) is 17.5. The summed E-state index contributed by atoms with van der Waals surface area (Å²) in [5, 5.41) is 3.44. The minimum absolute atomic E-state index is 0.0274. The van der Waals surface area contributed by atoms with Crippen LogP contribution < -0.4 is 5.32 Å². The molecule has 0 atom stereocenters. The van der Waals surface area contributed by atoms with Crippen molar-refractivity contribution in [3.8, 4) is 0 Å². The summed E-state index contributed by atoms with van der Waals surface area (Å²) in [4.78, 5) is 18.2. The number of carbonyl (C=O) groups is 1. The third kappa shape index (κ3) is 4.98. The number of nitrogens with one attached hydrogen (secondary N) is 1. The number of likely N-dealkylation sites (tertiary alicyclic amines) is 1. The van der Waals surface area contributed by atoms with Crippen LogP contribution in [0.15, 0.2) is 23.2 Å². The largest absolute Gasteiger partial charge is 0.469 e. The molecule has 1 heterocycles. The quantitative estimate of drug-likeness (QED) is 0.523. The molecular weight excluding hydrogens is 302 g/mol. The number of methoxy groups -OCH3 is 1. The van der Waals surface area contributed by atoms with Crippen molar-refractivity contribution in [3.63, 3.8) is 0 Å². The van der Waals surface area contributed by atoms with Gasteiger partial charge in [0.25, 0.3) is 0 Å². The predicted molar refractivity (Wildman–Crippen MR) is 97.3 cm³/mol. The molecule has 1 aliphatic heterocycles. The second-order valence-electron chi connectivity index (χ2n) is 6.50. The molecule has 5 heteroatoms. The molecule has 0 saturated carbocycles. The van der Waals surface area contributed by atoms with Gasteiger partial charge in [-0.25, -0.2) is 0 Å². The number of hydrogen-bond acceptors (Lipinski definition) is 3. The number of hydrogen-bond donors (Lipinski definition) is 1. The van der Waals surface area contributed by atoms with Crippen LogP contribution in [0.4, 0.5) is 0 Å². The van der Waals surface area contributed by atoms with Crippen molar-refractivity contribution in [1.29, 1.82) is 0 Å². The SMILES string of the molecule is CN=C(NCCc1cc(C)cc(C)c1)N1CCC(C(=O)OC)CC1. The number of guanidine groups is 1. The standard InChI is InChI=1S/C19H29N3O2/c1-14-11-15(2)13-16(12-14)5-8-21-19(20-3)22-9-6-17(7-10-22)18(23)24-4/h11-13,17H,5-10H2,1-4H3,(H,20,21). The van der Waals surface area contributed by atoms with Gasteiger partial charge in [0.05, 0.1) is 13.0 Å². The summed E-state index contributed by atoms with van der Waals surface area (Å²) < 4.78 is 4.84. The zero-order valence-electron chi connectivity index (χ0n) is 15.3. The number of ether oxygens (including phenoxy) is 1. The van der Waals surface area contributed by atoms with E-state index in [0.29, 0.717) is 0 Å². The van der Waals surface area contributed by atoms with Gasteiger partial charge in [0, 0.05) is 26.7 Å². The van der Waals surface area contributed by atoms with Crippen LogP contribution in [0.2, 0.25) is 0 Å². The minimum atomic E-state index is -0.0904. The average molecular weight is 331 g/mol. The van der Waals surface area contributed by atoms with Gasteiger partial charge in [0.15, 0.2) is 5.96 Å². The van der Waals surface area contributed by atoms with Gasteiger partial charge in [0.2, 0.25) is 0 Å². The first kappa shape index (κ1) is 18.3. The van der Waals surface area contributed by atoms with Crippen LogP contribution in [0.3, 0.4) is 0 Å². The molecule has 1 saturated heterocycles. The number of benzene rings is 1. The van der Waals surface area contributed by atoms with Crippen LogP contribution in [0.1, 0.15) is 29.5 Å². The number of rotatable bonds is 4. The third-order valence-electron chi connectivity index (χ3n) is 4.52. The van der Waals surface area contributed by atoms with E-state index >= 15 is 0 Å². The van der Waals surface area contributed by atoms with Crippen molar-refractivity contribution < 1.29 is 9.53 Å². The predicted octanol–water partition coefficient (Wildman–Crippen LogP) is 2.31. The summed E-state index contributed by atoms with van der Waals surface area (Å²) >= 11 is 0. The fourth-order valence-corrected chi connectivity index (χ4v) is 3.36. The molecule has 132 valence electrons. The van der Waals surface area contributed by atoms with E-state index in [9.17, 15) is 4.79 Å². The number of piperidine rings is 1. The first-order valence-corrected chi connectivity index (χ1v) is 8.64. The van der Waals surface area contributed by atoms with Crippen molar-refractivity contribution in [2.75, 3.05) is 33.8 Å². The Morgan fingerprint density at radius 2 is 1.88 bits per heavy atom. The minimum Gasteiger partial charge on any atom is -0.469 e. The maximum absolute atomic E-state index is 11.6. The van der Waals surface area contributed by atoms with E-state index in [1.165, 1.54) is 23.8 Å². The molecule has 1 aromatic carbocycles. The summed E-state index contributed by atoms with van der Waals surface area (Å²) in [5.74, 6) is 0.856. The Labute approximate surface area is 145 Å². The molecule has 0 radical (unpaired) electrons. The Bertz CT molecular complexity index is 570. The fourth-order valence-electron chi connectivity index (χ4n) is 3.36. The van der Waals surface area contributed by atoms with Gasteiger partial charge in [-0.15, -0.1) is 0 Å². The average Bonchev–Trinajstić information content (AvgIpc) is 2.57. The van der Waals surface area contributed by atoms with Crippen LogP contribution in [-0.4, -0.2) is 50.6 Å². The molecule has 1 N–H and O–H groups in total. The molecule has 1 aromatic rings. The summed E-state index contributed by atoms with van der Waals surface area (Å²) in [6.07, 6.45) is 2.62. The van der Waals surface area contributed by atoms with E-state index in [-0.39, 0.29) is 11.9 Å². The number of esters is 1. The van der Waals surface area contributed by atoms with Crippen LogP contribution >= 0.6 is 0 Å². The number of nitrogens with zero attached hydrogens (tertiary/aromatic N) is 2. The Morgan fingerprint density at radius 1 is 1.25 bits per heavy atom. The maximum atomic E-state index is 11.6. The monoisotopic (exact) mass is 331 g/mol. The lowest BCUT2D eigenvalue weighted by Crippen LogP contribution is -2.47. The Kier molecular flexibility index (Phi) is 6.64. The van der Waals surface area contributed by atoms with Crippen molar-refractivity contribution >= 4 is 11.9 Å². The van der Waals surface area contributed by atoms with Gasteiger partial charge < -0.3 is 15.0 Å². The first-order valence-electron chi connectivity index (χ1n) is 8.64. The fraction of sp³-hybridized carbons (Fsp3) is 0.579. The van der Waals surface area contributed by atoms with Gasteiger partial charge in [-0.2, -0.15) is 0 Å². The lowest BCUT2D eigenvalue weighted by molar-refractivity contribution is -0.146. The highest BCUT2D eigenvalue weighted by atomic mass is 16.5. The van der Waals surface area contributed by atoms with Crippen LogP contribution in [-0.2, 0) is 16.0 Å².